The van der Waals surface area contributed by atoms with Gasteiger partial charge in [0.25, 0.3) is 0 Å². The van der Waals surface area contributed by atoms with Crippen LogP contribution < -0.4 is 10.8 Å². The van der Waals surface area contributed by atoms with Crippen molar-refractivity contribution in [3.63, 3.8) is 0 Å². The minimum atomic E-state index is -0.545. The lowest BCUT2D eigenvalue weighted by molar-refractivity contribution is 0.00578. The van der Waals surface area contributed by atoms with Crippen molar-refractivity contribution in [2.45, 2.75) is 79.1 Å². The summed E-state index contributed by atoms with van der Waals surface area (Å²) in [5.41, 5.74) is 2.19. The van der Waals surface area contributed by atoms with Gasteiger partial charge in [0.15, 0.2) is 0 Å². The molecule has 0 bridgehead atoms. The molecule has 2 rings (SSSR count). The maximum absolute atomic E-state index is 12.1. The maximum Gasteiger partial charge on any atom is 0.495 e. The van der Waals surface area contributed by atoms with E-state index in [4.69, 9.17) is 14.0 Å². The third kappa shape index (κ3) is 4.36. The average Bonchev–Trinajstić information content (AvgIpc) is 2.60. The Labute approximate surface area is 151 Å². The van der Waals surface area contributed by atoms with Crippen molar-refractivity contribution in [3.05, 3.63) is 23.3 Å². The van der Waals surface area contributed by atoms with E-state index < -0.39 is 30.0 Å². The molecule has 5 nitrogen and oxygen atoms in total. The van der Waals surface area contributed by atoms with E-state index in [0.717, 1.165) is 16.6 Å². The molecule has 0 spiro atoms. The molecule has 1 aliphatic rings. The summed E-state index contributed by atoms with van der Waals surface area (Å²) >= 11 is 0. The largest absolute Gasteiger partial charge is 0.495 e. The monoisotopic (exact) mass is 347 g/mol. The molecular weight excluding hydrogens is 317 g/mol. The predicted molar refractivity (Wildman–Crippen MR) is 101 cm³/mol. The number of hydrogen-bond acceptors (Lipinski definition) is 4. The molecule has 0 radical (unpaired) electrons. The lowest BCUT2D eigenvalue weighted by Crippen LogP contribution is -2.41. The molecule has 1 fully saturated rings. The lowest BCUT2D eigenvalue weighted by Gasteiger charge is -2.32. The van der Waals surface area contributed by atoms with E-state index in [1.54, 1.807) is 0 Å². The number of amides is 1. The Morgan fingerprint density at radius 3 is 2.08 bits per heavy atom. The van der Waals surface area contributed by atoms with Crippen molar-refractivity contribution < 1.29 is 18.8 Å². The third-order valence-corrected chi connectivity index (χ3v) is 4.73. The Bertz CT molecular complexity index is 661. The molecule has 0 saturated carbocycles. The van der Waals surface area contributed by atoms with Crippen molar-refractivity contribution >= 4 is 24.4 Å². The number of rotatable bonds is 2. The summed E-state index contributed by atoms with van der Waals surface area (Å²) < 4.78 is 17.7. The molecule has 25 heavy (non-hydrogen) atoms. The molecule has 1 saturated heterocycles. The highest BCUT2D eigenvalue weighted by atomic mass is 16.7. The summed E-state index contributed by atoms with van der Waals surface area (Å²) in [7, 11) is -0.468. The van der Waals surface area contributed by atoms with Crippen molar-refractivity contribution in [3.8, 4) is 0 Å². The summed E-state index contributed by atoms with van der Waals surface area (Å²) in [6.07, 6.45) is -0.471. The standard InChI is InChI=1S/C19H30BNO4/c1-12-10-14(20-24-18(6,7)19(8,9)25-20)13(2)15(11-12)21-16(22)23-17(3,4)5/h10-11H,1-9H3,(H,21,22). The van der Waals surface area contributed by atoms with Gasteiger partial charge in [-0.3, -0.25) is 5.32 Å². The van der Waals surface area contributed by atoms with Crippen LogP contribution in [0.5, 0.6) is 0 Å². The zero-order chi connectivity index (χ0) is 19.2. The first kappa shape index (κ1) is 19.8. The molecule has 1 aromatic carbocycles. The highest BCUT2D eigenvalue weighted by Crippen LogP contribution is 2.37. The first-order valence-electron chi connectivity index (χ1n) is 8.69. The molecule has 0 aromatic heterocycles. The van der Waals surface area contributed by atoms with Gasteiger partial charge in [-0.05, 0) is 85.0 Å². The Hall–Kier alpha value is -1.53. The van der Waals surface area contributed by atoms with E-state index >= 15 is 0 Å². The second kappa shape index (κ2) is 6.33. The van der Waals surface area contributed by atoms with Crippen LogP contribution in [0, 0.1) is 13.8 Å². The van der Waals surface area contributed by atoms with Gasteiger partial charge in [0.05, 0.1) is 11.2 Å². The molecule has 0 atom stereocenters. The minimum Gasteiger partial charge on any atom is -0.444 e. The summed E-state index contributed by atoms with van der Waals surface area (Å²) in [6.45, 7) is 17.6. The van der Waals surface area contributed by atoms with Crippen LogP contribution in [-0.2, 0) is 14.0 Å². The first-order chi connectivity index (χ1) is 11.2. The molecule has 0 aliphatic carbocycles. The Morgan fingerprint density at radius 1 is 1.08 bits per heavy atom. The number of carbonyl (C=O) groups excluding carboxylic acids is 1. The van der Waals surface area contributed by atoms with Crippen molar-refractivity contribution in [1.29, 1.82) is 0 Å². The Balaban J connectivity index is 2.31. The van der Waals surface area contributed by atoms with Crippen LogP contribution in [0.1, 0.15) is 59.6 Å². The number of aryl methyl sites for hydroxylation is 1. The van der Waals surface area contributed by atoms with E-state index in [2.05, 4.69) is 5.32 Å². The number of hydrogen-bond donors (Lipinski definition) is 1. The number of anilines is 1. The molecule has 1 heterocycles. The van der Waals surface area contributed by atoms with E-state index in [1.807, 2.05) is 74.4 Å². The van der Waals surface area contributed by atoms with E-state index in [9.17, 15) is 4.79 Å². The van der Waals surface area contributed by atoms with Gasteiger partial charge in [-0.2, -0.15) is 0 Å². The van der Waals surface area contributed by atoms with Crippen LogP contribution in [-0.4, -0.2) is 30.0 Å². The van der Waals surface area contributed by atoms with Crippen LogP contribution in [0.25, 0.3) is 0 Å². The smallest absolute Gasteiger partial charge is 0.444 e. The fourth-order valence-electron chi connectivity index (χ4n) is 2.64. The molecule has 1 amide bonds. The highest BCUT2D eigenvalue weighted by molar-refractivity contribution is 6.62. The van der Waals surface area contributed by atoms with Crippen molar-refractivity contribution in [1.82, 2.24) is 0 Å². The highest BCUT2D eigenvalue weighted by Gasteiger charge is 2.52. The molecule has 138 valence electrons. The van der Waals surface area contributed by atoms with Gasteiger partial charge < -0.3 is 14.0 Å². The zero-order valence-corrected chi connectivity index (χ0v) is 16.9. The molecule has 0 unspecified atom stereocenters. The topological polar surface area (TPSA) is 56.8 Å². The average molecular weight is 347 g/mol. The summed E-state index contributed by atoms with van der Waals surface area (Å²) in [5, 5.41) is 2.84. The van der Waals surface area contributed by atoms with E-state index in [1.165, 1.54) is 0 Å². The van der Waals surface area contributed by atoms with Gasteiger partial charge in [-0.15, -0.1) is 0 Å². The van der Waals surface area contributed by atoms with Gasteiger partial charge in [0.2, 0.25) is 0 Å². The normalized spacial score (nSPS) is 19.0. The maximum atomic E-state index is 12.1. The SMILES string of the molecule is Cc1cc(NC(=O)OC(C)(C)C)c(C)c(B2OC(C)(C)C(C)(C)O2)c1. The quantitative estimate of drug-likeness (QED) is 0.823. The molecule has 1 aromatic rings. The van der Waals surface area contributed by atoms with Gasteiger partial charge in [-0.25, -0.2) is 4.79 Å². The van der Waals surface area contributed by atoms with Gasteiger partial charge in [-0.1, -0.05) is 6.07 Å². The second-order valence-corrected chi connectivity index (χ2v) is 8.74. The summed E-state index contributed by atoms with van der Waals surface area (Å²) in [5.74, 6) is 0. The van der Waals surface area contributed by atoms with Crippen LogP contribution in [0.3, 0.4) is 0 Å². The number of ether oxygens (including phenoxy) is 1. The van der Waals surface area contributed by atoms with Crippen LogP contribution in [0.4, 0.5) is 10.5 Å². The number of benzene rings is 1. The number of carbonyl (C=O) groups is 1. The molecule has 1 aliphatic heterocycles. The van der Waals surface area contributed by atoms with Gasteiger partial charge in [0, 0.05) is 5.69 Å². The lowest BCUT2D eigenvalue weighted by atomic mass is 9.75. The van der Waals surface area contributed by atoms with E-state index in [0.29, 0.717) is 5.69 Å². The fourth-order valence-corrected chi connectivity index (χ4v) is 2.64. The molecular formula is C19H30BNO4. The third-order valence-electron chi connectivity index (χ3n) is 4.73. The van der Waals surface area contributed by atoms with Crippen molar-refractivity contribution in [2.24, 2.45) is 0 Å². The Kier molecular flexibility index (Phi) is 5.01. The summed E-state index contributed by atoms with van der Waals surface area (Å²) in [6, 6.07) is 3.96. The zero-order valence-electron chi connectivity index (χ0n) is 16.9. The van der Waals surface area contributed by atoms with Crippen LogP contribution in [0.2, 0.25) is 0 Å². The van der Waals surface area contributed by atoms with Gasteiger partial charge in [0.1, 0.15) is 5.60 Å². The number of nitrogens with one attached hydrogen (secondary N) is 1. The molecule has 1 N–H and O–H groups in total. The minimum absolute atomic E-state index is 0.410. The van der Waals surface area contributed by atoms with Crippen LogP contribution in [0.15, 0.2) is 12.1 Å². The summed E-state index contributed by atoms with van der Waals surface area (Å²) in [4.78, 5) is 12.1. The first-order valence-corrected chi connectivity index (χ1v) is 8.69. The van der Waals surface area contributed by atoms with Crippen molar-refractivity contribution in [2.75, 3.05) is 5.32 Å². The fraction of sp³-hybridized carbons (Fsp3) is 0.632. The van der Waals surface area contributed by atoms with E-state index in [-0.39, 0.29) is 0 Å². The second-order valence-electron chi connectivity index (χ2n) is 8.74. The Morgan fingerprint density at radius 2 is 1.60 bits per heavy atom. The van der Waals surface area contributed by atoms with Crippen LogP contribution >= 0.6 is 0 Å². The van der Waals surface area contributed by atoms with Gasteiger partial charge >= 0.3 is 13.2 Å². The molecule has 6 heteroatoms. The predicted octanol–water partition coefficient (Wildman–Crippen LogP) is 3.95.